The van der Waals surface area contributed by atoms with Gasteiger partial charge in [0.05, 0.1) is 17.1 Å². The van der Waals surface area contributed by atoms with Gasteiger partial charge in [0.1, 0.15) is 0 Å². The molecular formula is C67H59N3. The normalized spacial score (nSPS) is 11.4. The molecule has 3 heterocycles. The molecule has 10 rings (SSSR count). The maximum Gasteiger partial charge on any atom is 0.0708 e. The van der Waals surface area contributed by atoms with E-state index in [0.29, 0.717) is 0 Å². The number of hydrogen-bond donors (Lipinski definition) is 0. The fourth-order valence-electron chi connectivity index (χ4n) is 9.64. The van der Waals surface area contributed by atoms with Crippen LogP contribution in [0.1, 0.15) is 59.7 Å². The van der Waals surface area contributed by atoms with Gasteiger partial charge >= 0.3 is 0 Å². The first kappa shape index (κ1) is 45.8. The second-order valence-corrected chi connectivity index (χ2v) is 19.7. The lowest BCUT2D eigenvalue weighted by Gasteiger charge is -2.20. The largest absolute Gasteiger partial charge is 0.256 e. The summed E-state index contributed by atoms with van der Waals surface area (Å²) in [5.41, 5.74) is 24.7. The van der Waals surface area contributed by atoms with Crippen LogP contribution in [0.5, 0.6) is 0 Å². The van der Waals surface area contributed by atoms with Crippen molar-refractivity contribution < 1.29 is 0 Å². The minimum atomic E-state index is 0.0177. The SMILES string of the molecule is Cc1cc(-c2ccccc2)ncc1CCc1cc(CCc2cnc(-c3ccccc3)cc2C)cc(-c2ccccc2-c2cnc(-c3cccc(C(C)(C)C)c3)cc2-c2ccc(-c3ccccc3)cc2)c1. The van der Waals surface area contributed by atoms with Crippen molar-refractivity contribution in [1.29, 1.82) is 0 Å². The van der Waals surface area contributed by atoms with Crippen LogP contribution in [0, 0.1) is 13.8 Å². The molecule has 0 aliphatic heterocycles. The fraction of sp³-hybridized carbons (Fsp3) is 0.149. The third-order valence-electron chi connectivity index (χ3n) is 13.8. The van der Waals surface area contributed by atoms with Gasteiger partial charge in [-0.05, 0) is 147 Å². The third kappa shape index (κ3) is 10.4. The Labute approximate surface area is 414 Å². The molecule has 342 valence electrons. The van der Waals surface area contributed by atoms with Crippen LogP contribution in [0.2, 0.25) is 0 Å². The van der Waals surface area contributed by atoms with Crippen molar-refractivity contribution in [1.82, 2.24) is 15.0 Å². The average molecular weight is 906 g/mol. The van der Waals surface area contributed by atoms with E-state index in [-0.39, 0.29) is 5.41 Å². The summed E-state index contributed by atoms with van der Waals surface area (Å²) in [7, 11) is 0. The molecule has 3 aromatic heterocycles. The van der Waals surface area contributed by atoms with Crippen molar-refractivity contribution in [2.75, 3.05) is 0 Å². The topological polar surface area (TPSA) is 38.7 Å². The predicted molar refractivity (Wildman–Crippen MR) is 294 cm³/mol. The molecule has 0 unspecified atom stereocenters. The van der Waals surface area contributed by atoms with Gasteiger partial charge in [0, 0.05) is 40.8 Å². The minimum Gasteiger partial charge on any atom is -0.256 e. The highest BCUT2D eigenvalue weighted by Crippen LogP contribution is 2.41. The van der Waals surface area contributed by atoms with Crippen LogP contribution in [0.4, 0.5) is 0 Å². The molecule has 0 amide bonds. The van der Waals surface area contributed by atoms with Crippen LogP contribution in [0.3, 0.4) is 0 Å². The predicted octanol–water partition coefficient (Wildman–Crippen LogP) is 17.0. The van der Waals surface area contributed by atoms with Gasteiger partial charge in [0.15, 0.2) is 0 Å². The van der Waals surface area contributed by atoms with E-state index in [1.54, 1.807) is 0 Å². The van der Waals surface area contributed by atoms with Gasteiger partial charge in [0.2, 0.25) is 0 Å². The summed E-state index contributed by atoms with van der Waals surface area (Å²) < 4.78 is 0. The Kier molecular flexibility index (Phi) is 13.3. The molecule has 0 aliphatic rings. The third-order valence-corrected chi connectivity index (χ3v) is 13.8. The van der Waals surface area contributed by atoms with Gasteiger partial charge in [-0.2, -0.15) is 0 Å². The summed E-state index contributed by atoms with van der Waals surface area (Å²) in [4.78, 5) is 15.1. The summed E-state index contributed by atoms with van der Waals surface area (Å²) in [5.74, 6) is 0. The second-order valence-electron chi connectivity index (χ2n) is 19.7. The highest BCUT2D eigenvalue weighted by Gasteiger charge is 2.19. The lowest BCUT2D eigenvalue weighted by Crippen LogP contribution is -2.10. The van der Waals surface area contributed by atoms with E-state index in [1.807, 2.05) is 0 Å². The molecule has 0 bridgehead atoms. The minimum absolute atomic E-state index is 0.0177. The number of nitrogens with zero attached hydrogens (tertiary/aromatic N) is 3. The van der Waals surface area contributed by atoms with Crippen LogP contribution in [-0.4, -0.2) is 15.0 Å². The number of hydrogen-bond acceptors (Lipinski definition) is 3. The Morgan fingerprint density at radius 3 is 1.31 bits per heavy atom. The van der Waals surface area contributed by atoms with Crippen LogP contribution in [0.25, 0.3) is 78.3 Å². The molecule has 0 atom stereocenters. The van der Waals surface area contributed by atoms with Crippen molar-refractivity contribution in [2.45, 2.75) is 65.7 Å². The van der Waals surface area contributed by atoms with Gasteiger partial charge in [-0.15, -0.1) is 0 Å². The number of aryl methyl sites for hydroxylation is 6. The molecule has 0 aliphatic carbocycles. The van der Waals surface area contributed by atoms with E-state index in [0.717, 1.165) is 81.7 Å². The van der Waals surface area contributed by atoms with Crippen molar-refractivity contribution in [3.05, 3.63) is 258 Å². The molecule has 3 nitrogen and oxygen atoms in total. The first-order chi connectivity index (χ1) is 34.1. The maximum atomic E-state index is 5.25. The standard InChI is InChI=1S/C67H59N3/c1-46-36-64(53-20-11-7-12-21-53)68-43-56(46)30-28-48-38-49(29-31-57-44-69-65(37-47(57)2)54-22-13-8-14-23-54)40-58(39-48)60-26-15-16-27-61(60)63-45-70-66(55-24-17-25-59(41-55)67(3,4)5)42-62(63)52-34-32-51(33-35-52)50-18-9-6-10-19-50/h6-27,32-45H,28-31H2,1-5H3. The molecule has 7 aromatic carbocycles. The highest BCUT2D eigenvalue weighted by atomic mass is 14.7. The first-order valence-corrected chi connectivity index (χ1v) is 24.6. The molecule has 0 radical (unpaired) electrons. The van der Waals surface area contributed by atoms with Crippen LogP contribution in [0.15, 0.2) is 219 Å². The second kappa shape index (κ2) is 20.3. The van der Waals surface area contributed by atoms with E-state index < -0.39 is 0 Å². The summed E-state index contributed by atoms with van der Waals surface area (Å²) >= 11 is 0. The van der Waals surface area contributed by atoms with Crippen molar-refractivity contribution in [2.24, 2.45) is 0 Å². The maximum absolute atomic E-state index is 5.25. The van der Waals surface area contributed by atoms with E-state index in [1.165, 1.54) is 61.2 Å². The molecule has 0 saturated heterocycles. The van der Waals surface area contributed by atoms with Gasteiger partial charge in [-0.25, -0.2) is 0 Å². The van der Waals surface area contributed by atoms with Crippen LogP contribution < -0.4 is 0 Å². The number of aromatic nitrogens is 3. The lowest BCUT2D eigenvalue weighted by atomic mass is 9.85. The van der Waals surface area contributed by atoms with E-state index in [2.05, 4.69) is 253 Å². The summed E-state index contributed by atoms with van der Waals surface area (Å²) in [6, 6.07) is 72.3. The highest BCUT2D eigenvalue weighted by molar-refractivity contribution is 5.93. The van der Waals surface area contributed by atoms with Gasteiger partial charge in [-0.1, -0.05) is 197 Å². The molecule has 0 saturated carbocycles. The lowest BCUT2D eigenvalue weighted by molar-refractivity contribution is 0.590. The zero-order valence-electron chi connectivity index (χ0n) is 41.0. The number of pyridine rings is 3. The summed E-state index contributed by atoms with van der Waals surface area (Å²) in [5, 5.41) is 0. The first-order valence-electron chi connectivity index (χ1n) is 24.6. The Morgan fingerprint density at radius 2 is 0.771 bits per heavy atom. The number of benzene rings is 7. The Hall–Kier alpha value is -8.01. The van der Waals surface area contributed by atoms with Crippen molar-refractivity contribution in [3.63, 3.8) is 0 Å². The van der Waals surface area contributed by atoms with Gasteiger partial charge in [-0.3, -0.25) is 15.0 Å². The zero-order chi connectivity index (χ0) is 48.0. The molecule has 10 aromatic rings. The Bertz CT molecular complexity index is 3290. The summed E-state index contributed by atoms with van der Waals surface area (Å²) in [6.45, 7) is 11.2. The number of rotatable bonds is 13. The summed E-state index contributed by atoms with van der Waals surface area (Å²) in [6.07, 6.45) is 9.84. The molecule has 0 fully saturated rings. The molecule has 0 N–H and O–H groups in total. The van der Waals surface area contributed by atoms with E-state index >= 15 is 0 Å². The van der Waals surface area contributed by atoms with Crippen LogP contribution >= 0.6 is 0 Å². The van der Waals surface area contributed by atoms with E-state index in [9.17, 15) is 0 Å². The smallest absolute Gasteiger partial charge is 0.0708 e. The fourth-order valence-corrected chi connectivity index (χ4v) is 9.64. The Balaban J connectivity index is 1.04. The monoisotopic (exact) mass is 905 g/mol. The molecule has 3 heteroatoms. The Morgan fingerprint density at radius 1 is 0.314 bits per heavy atom. The van der Waals surface area contributed by atoms with E-state index in [4.69, 9.17) is 15.0 Å². The van der Waals surface area contributed by atoms with Gasteiger partial charge in [0.25, 0.3) is 0 Å². The van der Waals surface area contributed by atoms with Crippen LogP contribution in [-0.2, 0) is 31.1 Å². The quantitative estimate of drug-likeness (QED) is 0.116. The van der Waals surface area contributed by atoms with Crippen molar-refractivity contribution >= 4 is 0 Å². The molecule has 0 spiro atoms. The van der Waals surface area contributed by atoms with Crippen molar-refractivity contribution in [3.8, 4) is 78.3 Å². The average Bonchev–Trinajstić information content (AvgIpc) is 3.40. The zero-order valence-corrected chi connectivity index (χ0v) is 41.0. The molecular weight excluding hydrogens is 847 g/mol. The van der Waals surface area contributed by atoms with Gasteiger partial charge < -0.3 is 0 Å². The molecule has 70 heavy (non-hydrogen) atoms.